The van der Waals surface area contributed by atoms with Crippen molar-refractivity contribution in [3.63, 3.8) is 0 Å². The predicted octanol–water partition coefficient (Wildman–Crippen LogP) is 3.85. The molecular formula is C20H18Cl2N2O4S2. The zero-order valence-electron chi connectivity index (χ0n) is 15.9. The number of nitrogens with zero attached hydrogens (tertiary/aromatic N) is 2. The summed E-state index contributed by atoms with van der Waals surface area (Å²) in [6.07, 6.45) is 0.0641. The monoisotopic (exact) mass is 484 g/mol. The van der Waals surface area contributed by atoms with Crippen molar-refractivity contribution in [2.75, 3.05) is 23.5 Å². The molecule has 0 bridgehead atoms. The molecule has 2 aliphatic rings. The summed E-state index contributed by atoms with van der Waals surface area (Å²) >= 11 is 13.8. The Bertz CT molecular complexity index is 1140. The number of ether oxygens (including phenoxy) is 1. The van der Waals surface area contributed by atoms with Crippen LogP contribution in [-0.2, 0) is 21.1 Å². The van der Waals surface area contributed by atoms with Crippen molar-refractivity contribution in [1.82, 2.24) is 0 Å². The van der Waals surface area contributed by atoms with Crippen LogP contribution in [0, 0.1) is 0 Å². The summed E-state index contributed by atoms with van der Waals surface area (Å²) in [6.45, 7) is 0. The average molecular weight is 485 g/mol. The first-order valence-corrected chi connectivity index (χ1v) is 12.6. The fourth-order valence-electron chi connectivity index (χ4n) is 3.62. The Hall–Kier alpha value is -1.74. The molecular weight excluding hydrogens is 467 g/mol. The van der Waals surface area contributed by atoms with Crippen molar-refractivity contribution in [3.05, 3.63) is 58.1 Å². The van der Waals surface area contributed by atoms with Crippen LogP contribution in [0.5, 0.6) is 5.75 Å². The highest BCUT2D eigenvalue weighted by molar-refractivity contribution is 8.16. The molecule has 0 aliphatic carbocycles. The van der Waals surface area contributed by atoms with Gasteiger partial charge in [-0.25, -0.2) is 8.42 Å². The number of benzene rings is 2. The van der Waals surface area contributed by atoms with Crippen molar-refractivity contribution in [2.24, 2.45) is 4.99 Å². The molecule has 6 nitrogen and oxygen atoms in total. The van der Waals surface area contributed by atoms with Crippen LogP contribution < -0.4 is 9.64 Å². The minimum atomic E-state index is -3.15. The van der Waals surface area contributed by atoms with Crippen molar-refractivity contribution >= 4 is 61.6 Å². The minimum Gasteiger partial charge on any atom is -0.495 e. The van der Waals surface area contributed by atoms with Gasteiger partial charge in [0, 0.05) is 16.0 Å². The summed E-state index contributed by atoms with van der Waals surface area (Å²) < 4.78 is 29.6. The van der Waals surface area contributed by atoms with E-state index in [1.807, 2.05) is 6.07 Å². The normalized spacial score (nSPS) is 23.6. The molecule has 2 saturated heterocycles. The molecule has 158 valence electrons. The number of methoxy groups -OCH3 is 1. The number of hydrogen-bond donors (Lipinski definition) is 0. The minimum absolute atomic E-state index is 0.00599. The largest absolute Gasteiger partial charge is 0.495 e. The van der Waals surface area contributed by atoms with Gasteiger partial charge in [0.2, 0.25) is 0 Å². The average Bonchev–Trinajstić information content (AvgIpc) is 3.14. The number of sulfone groups is 1. The van der Waals surface area contributed by atoms with Gasteiger partial charge in [0.05, 0.1) is 36.1 Å². The summed E-state index contributed by atoms with van der Waals surface area (Å²) in [7, 11) is -1.63. The van der Waals surface area contributed by atoms with E-state index in [1.165, 1.54) is 18.9 Å². The van der Waals surface area contributed by atoms with E-state index in [0.29, 0.717) is 32.2 Å². The Morgan fingerprint density at radius 1 is 1.20 bits per heavy atom. The number of thioether (sulfide) groups is 1. The molecule has 2 aromatic carbocycles. The number of anilines is 1. The molecule has 2 heterocycles. The Labute approximate surface area is 189 Å². The van der Waals surface area contributed by atoms with Gasteiger partial charge in [0.1, 0.15) is 5.75 Å². The van der Waals surface area contributed by atoms with Gasteiger partial charge >= 0.3 is 0 Å². The lowest BCUT2D eigenvalue weighted by Gasteiger charge is -2.25. The molecule has 2 fully saturated rings. The highest BCUT2D eigenvalue weighted by atomic mass is 35.5. The molecule has 2 aliphatic heterocycles. The van der Waals surface area contributed by atoms with Crippen molar-refractivity contribution in [2.45, 2.75) is 17.7 Å². The van der Waals surface area contributed by atoms with Crippen LogP contribution in [0.2, 0.25) is 10.0 Å². The molecule has 2 unspecified atom stereocenters. The molecule has 0 aromatic heterocycles. The van der Waals surface area contributed by atoms with Gasteiger partial charge in [-0.3, -0.25) is 4.79 Å². The van der Waals surface area contributed by atoms with Crippen LogP contribution in [0.1, 0.15) is 5.56 Å². The predicted molar refractivity (Wildman–Crippen MR) is 122 cm³/mol. The van der Waals surface area contributed by atoms with Gasteiger partial charge in [-0.05, 0) is 29.8 Å². The van der Waals surface area contributed by atoms with E-state index >= 15 is 0 Å². The lowest BCUT2D eigenvalue weighted by Crippen LogP contribution is -2.37. The van der Waals surface area contributed by atoms with Crippen LogP contribution >= 0.6 is 35.0 Å². The summed E-state index contributed by atoms with van der Waals surface area (Å²) in [6, 6.07) is 12.0. The Kier molecular flexibility index (Phi) is 6.03. The molecule has 10 heteroatoms. The van der Waals surface area contributed by atoms with Crippen LogP contribution in [0.25, 0.3) is 0 Å². The van der Waals surface area contributed by atoms with E-state index < -0.39 is 9.84 Å². The molecule has 2 atom stereocenters. The number of aliphatic imine (C=N–C) groups is 1. The van der Waals surface area contributed by atoms with Gasteiger partial charge in [-0.15, -0.1) is 0 Å². The first-order chi connectivity index (χ1) is 14.3. The standard InChI is InChI=1S/C20H18Cl2N2O4S2/c1-28-17-7-6-13(9-15(17)22)24-16-10-30(26,27)11-18(16)29-20(24)23-19(25)8-12-4-2-3-5-14(12)21/h2-7,9,16,18H,8,10-11H2,1H3. The summed E-state index contributed by atoms with van der Waals surface area (Å²) in [5.74, 6) is 0.223. The summed E-state index contributed by atoms with van der Waals surface area (Å²) in [5, 5.41) is 1.18. The Morgan fingerprint density at radius 2 is 1.97 bits per heavy atom. The molecule has 30 heavy (non-hydrogen) atoms. The topological polar surface area (TPSA) is 76.0 Å². The molecule has 4 rings (SSSR count). The number of amides is 1. The summed E-state index contributed by atoms with van der Waals surface area (Å²) in [4.78, 5) is 18.8. The maximum absolute atomic E-state index is 12.7. The lowest BCUT2D eigenvalue weighted by molar-refractivity contribution is -0.117. The smallest absolute Gasteiger partial charge is 0.252 e. The van der Waals surface area contributed by atoms with Gasteiger partial charge in [0.15, 0.2) is 15.0 Å². The highest BCUT2D eigenvalue weighted by Gasteiger charge is 2.49. The number of carbonyl (C=O) groups is 1. The van der Waals surface area contributed by atoms with Crippen LogP contribution in [-0.4, -0.2) is 49.4 Å². The van der Waals surface area contributed by atoms with Crippen LogP contribution in [0.3, 0.4) is 0 Å². The SMILES string of the molecule is COc1ccc(N2C(=NC(=O)Cc3ccccc3Cl)SC3CS(=O)(=O)CC32)cc1Cl. The number of rotatable bonds is 4. The van der Waals surface area contributed by atoms with Crippen molar-refractivity contribution < 1.29 is 17.9 Å². The zero-order valence-corrected chi connectivity index (χ0v) is 19.1. The molecule has 0 spiro atoms. The van der Waals surface area contributed by atoms with Gasteiger partial charge in [0.25, 0.3) is 5.91 Å². The molecule has 2 aromatic rings. The van der Waals surface area contributed by atoms with E-state index in [-0.39, 0.29) is 35.1 Å². The third kappa shape index (κ3) is 4.32. The fourth-order valence-corrected chi connectivity index (χ4v) is 8.01. The first kappa shape index (κ1) is 21.5. The van der Waals surface area contributed by atoms with E-state index in [0.717, 1.165) is 0 Å². The fraction of sp³-hybridized carbons (Fsp3) is 0.300. The molecule has 1 amide bonds. The summed E-state index contributed by atoms with van der Waals surface area (Å²) in [5.41, 5.74) is 1.36. The maximum Gasteiger partial charge on any atom is 0.252 e. The molecule has 0 radical (unpaired) electrons. The van der Waals surface area contributed by atoms with E-state index in [2.05, 4.69) is 4.99 Å². The Morgan fingerprint density at radius 3 is 2.67 bits per heavy atom. The quantitative estimate of drug-likeness (QED) is 0.655. The van der Waals surface area contributed by atoms with E-state index in [9.17, 15) is 13.2 Å². The van der Waals surface area contributed by atoms with Crippen LogP contribution in [0.15, 0.2) is 47.5 Å². The van der Waals surface area contributed by atoms with Crippen molar-refractivity contribution in [1.29, 1.82) is 0 Å². The third-order valence-electron chi connectivity index (χ3n) is 5.00. The maximum atomic E-state index is 12.7. The van der Waals surface area contributed by atoms with Crippen molar-refractivity contribution in [3.8, 4) is 5.75 Å². The number of hydrogen-bond acceptors (Lipinski definition) is 5. The van der Waals surface area contributed by atoms with E-state index in [4.69, 9.17) is 27.9 Å². The van der Waals surface area contributed by atoms with E-state index in [1.54, 1.807) is 41.3 Å². The number of fused-ring (bicyclic) bond motifs is 1. The van der Waals surface area contributed by atoms with Gasteiger partial charge in [-0.2, -0.15) is 4.99 Å². The zero-order chi connectivity index (χ0) is 21.5. The molecule has 0 N–H and O–H groups in total. The van der Waals surface area contributed by atoms with Gasteiger partial charge < -0.3 is 9.64 Å². The second-order valence-electron chi connectivity index (χ2n) is 7.05. The Balaban J connectivity index is 1.67. The van der Waals surface area contributed by atoms with Crippen LogP contribution in [0.4, 0.5) is 5.69 Å². The third-order valence-corrected chi connectivity index (χ3v) is 8.87. The second-order valence-corrected chi connectivity index (χ2v) is 11.2. The second kappa shape index (κ2) is 8.42. The highest BCUT2D eigenvalue weighted by Crippen LogP contribution is 2.42. The first-order valence-electron chi connectivity index (χ1n) is 9.12. The number of halogens is 2. The number of carbonyl (C=O) groups excluding carboxylic acids is 1. The number of amidine groups is 1. The lowest BCUT2D eigenvalue weighted by atomic mass is 10.1. The molecule has 0 saturated carbocycles. The van der Waals surface area contributed by atoms with Gasteiger partial charge in [-0.1, -0.05) is 53.2 Å².